The molecule has 0 unspecified atom stereocenters. The van der Waals surface area contributed by atoms with Gasteiger partial charge in [0, 0.05) is 12.1 Å². The van der Waals surface area contributed by atoms with E-state index in [4.69, 9.17) is 14.0 Å². The van der Waals surface area contributed by atoms with Crippen LogP contribution in [0.25, 0.3) is 10.7 Å². The molecule has 0 aliphatic carbocycles. The Balaban J connectivity index is 1.74. The number of carbonyl (C=O) groups excluding carboxylic acids is 2. The summed E-state index contributed by atoms with van der Waals surface area (Å²) in [5, 5.41) is 16.7. The van der Waals surface area contributed by atoms with Crippen LogP contribution in [0.2, 0.25) is 0 Å². The predicted molar refractivity (Wildman–Crippen MR) is 95.8 cm³/mol. The first-order valence-corrected chi connectivity index (χ1v) is 8.86. The lowest BCUT2D eigenvalue weighted by Crippen LogP contribution is -2.10. The standard InChI is InChI=1S/C17H13N3O7S/c1-2-25-16(21)10-6-11(8-12(7-10)20(23)24)17(22)26-9-14-18-15(19-27-14)13-4-3-5-28-13/h3-8H,2,9H2,1H3. The quantitative estimate of drug-likeness (QED) is 0.331. The highest BCUT2D eigenvalue weighted by atomic mass is 32.1. The molecule has 3 aromatic rings. The van der Waals surface area contributed by atoms with Crippen molar-refractivity contribution in [2.45, 2.75) is 13.5 Å². The minimum Gasteiger partial charge on any atom is -0.462 e. The van der Waals surface area contributed by atoms with E-state index in [1.165, 1.54) is 11.3 Å². The molecule has 0 saturated carbocycles. The van der Waals surface area contributed by atoms with E-state index in [1.54, 1.807) is 6.92 Å². The summed E-state index contributed by atoms with van der Waals surface area (Å²) >= 11 is 1.42. The van der Waals surface area contributed by atoms with Gasteiger partial charge < -0.3 is 14.0 Å². The van der Waals surface area contributed by atoms with Gasteiger partial charge in [-0.25, -0.2) is 9.59 Å². The second-order valence-corrected chi connectivity index (χ2v) is 6.26. The number of ether oxygens (including phenoxy) is 2. The van der Waals surface area contributed by atoms with Gasteiger partial charge >= 0.3 is 11.9 Å². The third kappa shape index (κ3) is 4.38. The smallest absolute Gasteiger partial charge is 0.338 e. The van der Waals surface area contributed by atoms with Crippen molar-refractivity contribution < 1.29 is 28.5 Å². The van der Waals surface area contributed by atoms with Crippen LogP contribution in [0.4, 0.5) is 5.69 Å². The molecule has 10 nitrogen and oxygen atoms in total. The molecule has 0 spiro atoms. The summed E-state index contributed by atoms with van der Waals surface area (Å²) in [5.41, 5.74) is -0.730. The van der Waals surface area contributed by atoms with Crippen LogP contribution in [0.15, 0.2) is 40.2 Å². The summed E-state index contributed by atoms with van der Waals surface area (Å²) in [6.07, 6.45) is 0. The number of carbonyl (C=O) groups is 2. The maximum atomic E-state index is 12.3. The lowest BCUT2D eigenvalue weighted by atomic mass is 10.1. The van der Waals surface area contributed by atoms with Crippen LogP contribution >= 0.6 is 11.3 Å². The van der Waals surface area contributed by atoms with E-state index in [0.29, 0.717) is 5.82 Å². The molecule has 0 N–H and O–H groups in total. The Morgan fingerprint density at radius 2 is 1.93 bits per heavy atom. The molecular weight excluding hydrogens is 390 g/mol. The molecule has 0 atom stereocenters. The molecular formula is C17H13N3O7S. The first kappa shape index (κ1) is 19.2. The second-order valence-electron chi connectivity index (χ2n) is 5.31. The van der Waals surface area contributed by atoms with Crippen molar-refractivity contribution in [2.75, 3.05) is 6.61 Å². The van der Waals surface area contributed by atoms with Gasteiger partial charge in [0.15, 0.2) is 6.61 Å². The zero-order chi connectivity index (χ0) is 20.1. The summed E-state index contributed by atoms with van der Waals surface area (Å²) in [4.78, 5) is 39.4. The van der Waals surface area contributed by atoms with Crippen molar-refractivity contribution in [2.24, 2.45) is 0 Å². The zero-order valence-electron chi connectivity index (χ0n) is 14.5. The van der Waals surface area contributed by atoms with E-state index in [-0.39, 0.29) is 30.2 Å². The Labute approximate surface area is 161 Å². The highest BCUT2D eigenvalue weighted by Crippen LogP contribution is 2.22. The predicted octanol–water partition coefficient (Wildman–Crippen LogP) is 3.24. The van der Waals surface area contributed by atoms with E-state index in [0.717, 1.165) is 23.1 Å². The van der Waals surface area contributed by atoms with Gasteiger partial charge in [0.25, 0.3) is 11.6 Å². The largest absolute Gasteiger partial charge is 0.462 e. The van der Waals surface area contributed by atoms with Gasteiger partial charge in [0.2, 0.25) is 5.82 Å². The molecule has 11 heteroatoms. The summed E-state index contributed by atoms with van der Waals surface area (Å²) in [5.74, 6) is -1.24. The lowest BCUT2D eigenvalue weighted by Gasteiger charge is -2.05. The highest BCUT2D eigenvalue weighted by Gasteiger charge is 2.20. The summed E-state index contributed by atoms with van der Waals surface area (Å²) in [6.45, 7) is 1.36. The number of thiophene rings is 1. The molecule has 0 bridgehead atoms. The van der Waals surface area contributed by atoms with Crippen molar-refractivity contribution in [1.82, 2.24) is 10.1 Å². The summed E-state index contributed by atoms with van der Waals surface area (Å²) in [6, 6.07) is 6.85. The molecule has 0 amide bonds. The Hall–Kier alpha value is -3.60. The number of benzene rings is 1. The molecule has 0 saturated heterocycles. The first-order valence-electron chi connectivity index (χ1n) is 7.98. The Bertz CT molecular complexity index is 1010. The normalized spacial score (nSPS) is 10.5. The van der Waals surface area contributed by atoms with Crippen molar-refractivity contribution >= 4 is 29.0 Å². The molecule has 0 fully saturated rings. The number of aromatic nitrogens is 2. The van der Waals surface area contributed by atoms with Gasteiger partial charge in [0.1, 0.15) is 0 Å². The summed E-state index contributed by atoms with van der Waals surface area (Å²) in [7, 11) is 0. The van der Waals surface area contributed by atoms with E-state index < -0.39 is 22.5 Å². The third-order valence-electron chi connectivity index (χ3n) is 3.41. The van der Waals surface area contributed by atoms with Gasteiger partial charge in [0.05, 0.1) is 27.5 Å². The number of hydrogen-bond acceptors (Lipinski definition) is 10. The Morgan fingerprint density at radius 3 is 2.54 bits per heavy atom. The number of esters is 2. The van der Waals surface area contributed by atoms with Gasteiger partial charge in [-0.05, 0) is 24.4 Å². The molecule has 2 heterocycles. The van der Waals surface area contributed by atoms with Crippen LogP contribution in [-0.4, -0.2) is 33.6 Å². The fourth-order valence-electron chi connectivity index (χ4n) is 2.20. The van der Waals surface area contributed by atoms with Gasteiger partial charge in [-0.15, -0.1) is 11.3 Å². The van der Waals surface area contributed by atoms with E-state index >= 15 is 0 Å². The summed E-state index contributed by atoms with van der Waals surface area (Å²) < 4.78 is 14.9. The number of nitro groups is 1. The molecule has 144 valence electrons. The van der Waals surface area contributed by atoms with E-state index in [9.17, 15) is 19.7 Å². The second kappa shape index (κ2) is 8.39. The van der Waals surface area contributed by atoms with E-state index in [1.807, 2.05) is 17.5 Å². The minimum absolute atomic E-state index is 0.0628. The topological polar surface area (TPSA) is 135 Å². The van der Waals surface area contributed by atoms with Crippen molar-refractivity contribution in [1.29, 1.82) is 0 Å². The highest BCUT2D eigenvalue weighted by molar-refractivity contribution is 7.13. The molecule has 3 rings (SSSR count). The lowest BCUT2D eigenvalue weighted by molar-refractivity contribution is -0.384. The molecule has 28 heavy (non-hydrogen) atoms. The van der Waals surface area contributed by atoms with Crippen LogP contribution < -0.4 is 0 Å². The zero-order valence-corrected chi connectivity index (χ0v) is 15.3. The molecule has 0 aliphatic rings. The number of hydrogen-bond donors (Lipinski definition) is 0. The molecule has 2 aromatic heterocycles. The monoisotopic (exact) mass is 403 g/mol. The van der Waals surface area contributed by atoms with Crippen LogP contribution in [0, 0.1) is 10.1 Å². The fourth-order valence-corrected chi connectivity index (χ4v) is 2.85. The Kier molecular flexibility index (Phi) is 5.75. The molecule has 0 radical (unpaired) electrons. The molecule has 1 aromatic carbocycles. The Morgan fingerprint density at radius 1 is 1.21 bits per heavy atom. The number of nitro benzene ring substituents is 1. The van der Waals surface area contributed by atoms with Gasteiger partial charge in [-0.2, -0.15) is 4.98 Å². The van der Waals surface area contributed by atoms with Crippen LogP contribution in [0.3, 0.4) is 0 Å². The van der Waals surface area contributed by atoms with Crippen LogP contribution in [-0.2, 0) is 16.1 Å². The number of rotatable bonds is 7. The molecule has 0 aliphatic heterocycles. The van der Waals surface area contributed by atoms with Crippen molar-refractivity contribution in [3.63, 3.8) is 0 Å². The average Bonchev–Trinajstić information content (AvgIpc) is 3.37. The third-order valence-corrected chi connectivity index (χ3v) is 4.28. The maximum absolute atomic E-state index is 12.3. The van der Waals surface area contributed by atoms with Crippen LogP contribution in [0.5, 0.6) is 0 Å². The van der Waals surface area contributed by atoms with Crippen LogP contribution in [0.1, 0.15) is 33.5 Å². The number of nitrogens with zero attached hydrogens (tertiary/aromatic N) is 3. The van der Waals surface area contributed by atoms with Crippen molar-refractivity contribution in [3.8, 4) is 10.7 Å². The first-order chi connectivity index (χ1) is 13.5. The van der Waals surface area contributed by atoms with E-state index in [2.05, 4.69) is 10.1 Å². The number of non-ortho nitro benzene ring substituents is 1. The maximum Gasteiger partial charge on any atom is 0.338 e. The SMILES string of the molecule is CCOC(=O)c1cc(C(=O)OCc2nc(-c3cccs3)no2)cc([N+](=O)[O-])c1. The average molecular weight is 403 g/mol. The van der Waals surface area contributed by atoms with Gasteiger partial charge in [-0.3, -0.25) is 10.1 Å². The fraction of sp³-hybridized carbons (Fsp3) is 0.176. The minimum atomic E-state index is -0.884. The van der Waals surface area contributed by atoms with Crippen molar-refractivity contribution in [3.05, 3.63) is 62.8 Å². The van der Waals surface area contributed by atoms with Gasteiger partial charge in [-0.1, -0.05) is 11.2 Å².